The second-order valence-electron chi connectivity index (χ2n) is 6.78. The highest BCUT2D eigenvalue weighted by atomic mass is 16.5. The van der Waals surface area contributed by atoms with E-state index in [0.717, 1.165) is 32.4 Å². The van der Waals surface area contributed by atoms with Crippen molar-refractivity contribution in [3.8, 4) is 0 Å². The van der Waals surface area contributed by atoms with Crippen molar-refractivity contribution in [2.75, 3.05) is 19.7 Å². The normalized spacial score (nSPS) is 21.5. The Labute approximate surface area is 124 Å². The molecule has 0 aromatic carbocycles. The van der Waals surface area contributed by atoms with Crippen molar-refractivity contribution < 1.29 is 9.53 Å². The van der Waals surface area contributed by atoms with Gasteiger partial charge in [0.1, 0.15) is 0 Å². The second kappa shape index (κ2) is 8.66. The molecule has 1 aliphatic rings. The molecule has 20 heavy (non-hydrogen) atoms. The molecular weight excluding hydrogens is 250 g/mol. The third-order valence-electron chi connectivity index (χ3n) is 4.84. The molecule has 0 aromatic heterocycles. The van der Waals surface area contributed by atoms with E-state index >= 15 is 0 Å². The first-order valence-electron chi connectivity index (χ1n) is 8.40. The second-order valence-corrected chi connectivity index (χ2v) is 6.78. The maximum Gasteiger partial charge on any atom is 0.311 e. The summed E-state index contributed by atoms with van der Waals surface area (Å²) in [7, 11) is 0. The Morgan fingerprint density at radius 2 is 2.15 bits per heavy atom. The van der Waals surface area contributed by atoms with Crippen molar-refractivity contribution in [3.05, 3.63) is 0 Å². The van der Waals surface area contributed by atoms with Crippen LogP contribution in [-0.4, -0.2) is 25.7 Å². The number of piperidine rings is 1. The summed E-state index contributed by atoms with van der Waals surface area (Å²) in [5.74, 6) is 0.916. The van der Waals surface area contributed by atoms with Crippen LogP contribution in [0.2, 0.25) is 0 Å². The number of unbranched alkanes of at least 4 members (excludes halogenated alkanes) is 1. The molecule has 3 heteroatoms. The lowest BCUT2D eigenvalue weighted by atomic mass is 9.75. The molecule has 0 spiro atoms. The van der Waals surface area contributed by atoms with E-state index < -0.39 is 0 Å². The summed E-state index contributed by atoms with van der Waals surface area (Å²) in [6.07, 6.45) is 7.00. The van der Waals surface area contributed by atoms with Gasteiger partial charge in [-0.3, -0.25) is 4.79 Å². The third kappa shape index (κ3) is 5.08. The van der Waals surface area contributed by atoms with E-state index in [1.165, 1.54) is 19.3 Å². The standard InChI is InChI=1S/C17H33NO2/c1-5-7-9-14(6-2)13-20-16(19)17(3,4)15-10-8-11-18-12-15/h14-15,18H,5-13H2,1-4H3. The number of hydrogen-bond acceptors (Lipinski definition) is 3. The molecule has 118 valence electrons. The molecule has 1 heterocycles. The number of hydrogen-bond donors (Lipinski definition) is 1. The van der Waals surface area contributed by atoms with Crippen molar-refractivity contribution >= 4 is 5.97 Å². The molecule has 1 rings (SSSR count). The average Bonchev–Trinajstić information content (AvgIpc) is 2.48. The fourth-order valence-corrected chi connectivity index (χ4v) is 2.91. The summed E-state index contributed by atoms with van der Waals surface area (Å²) in [6, 6.07) is 0. The summed E-state index contributed by atoms with van der Waals surface area (Å²) in [5.41, 5.74) is -0.365. The number of rotatable bonds is 8. The minimum Gasteiger partial charge on any atom is -0.465 e. The zero-order valence-electron chi connectivity index (χ0n) is 13.8. The molecule has 0 aliphatic carbocycles. The molecule has 0 saturated carbocycles. The largest absolute Gasteiger partial charge is 0.465 e. The highest BCUT2D eigenvalue weighted by molar-refractivity contribution is 5.76. The zero-order chi connectivity index (χ0) is 15.0. The van der Waals surface area contributed by atoms with Crippen molar-refractivity contribution in [1.29, 1.82) is 0 Å². The van der Waals surface area contributed by atoms with Crippen LogP contribution in [0.25, 0.3) is 0 Å². The van der Waals surface area contributed by atoms with Crippen molar-refractivity contribution in [2.24, 2.45) is 17.3 Å². The van der Waals surface area contributed by atoms with E-state index in [-0.39, 0.29) is 11.4 Å². The van der Waals surface area contributed by atoms with Crippen LogP contribution >= 0.6 is 0 Å². The molecule has 0 aromatic rings. The molecule has 2 unspecified atom stereocenters. The average molecular weight is 283 g/mol. The SMILES string of the molecule is CCCCC(CC)COC(=O)C(C)(C)C1CCCNC1. The minimum atomic E-state index is -0.365. The molecule has 0 amide bonds. The van der Waals surface area contributed by atoms with Crippen LogP contribution in [-0.2, 0) is 9.53 Å². The predicted octanol–water partition coefficient (Wildman–Crippen LogP) is 3.77. The number of nitrogens with one attached hydrogen (secondary N) is 1. The van der Waals surface area contributed by atoms with Crippen molar-refractivity contribution in [3.63, 3.8) is 0 Å². The van der Waals surface area contributed by atoms with Gasteiger partial charge in [0.15, 0.2) is 0 Å². The predicted molar refractivity (Wildman–Crippen MR) is 83.6 cm³/mol. The molecule has 0 bridgehead atoms. The van der Waals surface area contributed by atoms with Crippen molar-refractivity contribution in [2.45, 2.75) is 66.2 Å². The van der Waals surface area contributed by atoms with E-state index in [0.29, 0.717) is 18.4 Å². The lowest BCUT2D eigenvalue weighted by Gasteiger charge is -2.35. The maximum absolute atomic E-state index is 12.4. The first-order valence-corrected chi connectivity index (χ1v) is 8.40. The van der Waals surface area contributed by atoms with Gasteiger partial charge in [0.25, 0.3) is 0 Å². The lowest BCUT2D eigenvalue weighted by molar-refractivity contribution is -0.159. The number of carbonyl (C=O) groups is 1. The van der Waals surface area contributed by atoms with Gasteiger partial charge in [0.2, 0.25) is 0 Å². The smallest absolute Gasteiger partial charge is 0.311 e. The van der Waals surface area contributed by atoms with Gasteiger partial charge in [-0.15, -0.1) is 0 Å². The number of esters is 1. The third-order valence-corrected chi connectivity index (χ3v) is 4.84. The fourth-order valence-electron chi connectivity index (χ4n) is 2.91. The molecule has 0 radical (unpaired) electrons. The Hall–Kier alpha value is -0.570. The summed E-state index contributed by atoms with van der Waals surface area (Å²) < 4.78 is 5.64. The molecule has 1 saturated heterocycles. The summed E-state index contributed by atoms with van der Waals surface area (Å²) in [4.78, 5) is 12.4. The van der Waals surface area contributed by atoms with E-state index in [1.54, 1.807) is 0 Å². The monoisotopic (exact) mass is 283 g/mol. The maximum atomic E-state index is 12.4. The Balaban J connectivity index is 2.42. The van der Waals surface area contributed by atoms with Crippen LogP contribution in [0.1, 0.15) is 66.2 Å². The lowest BCUT2D eigenvalue weighted by Crippen LogP contribution is -2.43. The van der Waals surface area contributed by atoms with Gasteiger partial charge in [-0.25, -0.2) is 0 Å². The molecular formula is C17H33NO2. The van der Waals surface area contributed by atoms with Gasteiger partial charge >= 0.3 is 5.97 Å². The Morgan fingerprint density at radius 3 is 2.70 bits per heavy atom. The zero-order valence-corrected chi connectivity index (χ0v) is 13.8. The molecule has 1 aliphatic heterocycles. The van der Waals surface area contributed by atoms with Gasteiger partial charge in [-0.05, 0) is 58.0 Å². The van der Waals surface area contributed by atoms with Crippen LogP contribution in [0.15, 0.2) is 0 Å². The highest BCUT2D eigenvalue weighted by Gasteiger charge is 2.38. The molecule has 3 nitrogen and oxygen atoms in total. The quantitative estimate of drug-likeness (QED) is 0.689. The minimum absolute atomic E-state index is 0.0128. The fraction of sp³-hybridized carbons (Fsp3) is 0.941. The van der Waals surface area contributed by atoms with E-state index in [4.69, 9.17) is 4.74 Å². The van der Waals surface area contributed by atoms with Gasteiger partial charge in [-0.1, -0.05) is 33.1 Å². The topological polar surface area (TPSA) is 38.3 Å². The van der Waals surface area contributed by atoms with Crippen LogP contribution in [0.3, 0.4) is 0 Å². The highest BCUT2D eigenvalue weighted by Crippen LogP contribution is 2.33. The van der Waals surface area contributed by atoms with Gasteiger partial charge in [0.05, 0.1) is 12.0 Å². The van der Waals surface area contributed by atoms with Gasteiger partial charge < -0.3 is 10.1 Å². The Morgan fingerprint density at radius 1 is 1.40 bits per heavy atom. The van der Waals surface area contributed by atoms with E-state index in [9.17, 15) is 4.79 Å². The molecule has 1 N–H and O–H groups in total. The van der Waals surface area contributed by atoms with Crippen LogP contribution < -0.4 is 5.32 Å². The molecule has 1 fully saturated rings. The summed E-state index contributed by atoms with van der Waals surface area (Å²) in [6.45, 7) is 11.1. The van der Waals surface area contributed by atoms with Crippen LogP contribution in [0.5, 0.6) is 0 Å². The van der Waals surface area contributed by atoms with Gasteiger partial charge in [-0.2, -0.15) is 0 Å². The first-order chi connectivity index (χ1) is 9.52. The van der Waals surface area contributed by atoms with Crippen LogP contribution in [0, 0.1) is 17.3 Å². The molecule has 2 atom stereocenters. The first kappa shape index (κ1) is 17.5. The van der Waals surface area contributed by atoms with Crippen molar-refractivity contribution in [1.82, 2.24) is 5.32 Å². The van der Waals surface area contributed by atoms with E-state index in [1.807, 2.05) is 13.8 Å². The summed E-state index contributed by atoms with van der Waals surface area (Å²) in [5, 5.41) is 3.39. The van der Waals surface area contributed by atoms with E-state index in [2.05, 4.69) is 19.2 Å². The van der Waals surface area contributed by atoms with Crippen LogP contribution in [0.4, 0.5) is 0 Å². The van der Waals surface area contributed by atoms with Gasteiger partial charge in [0, 0.05) is 0 Å². The Kier molecular flexibility index (Phi) is 7.57. The number of ether oxygens (including phenoxy) is 1. The summed E-state index contributed by atoms with van der Waals surface area (Å²) >= 11 is 0. The Bertz CT molecular complexity index is 283. The number of carbonyl (C=O) groups excluding carboxylic acids is 1.